The van der Waals surface area contributed by atoms with Crippen LogP contribution in [0.25, 0.3) is 0 Å². The Balaban J connectivity index is 1.83. The maximum atomic E-state index is 13.8. The highest BCUT2D eigenvalue weighted by molar-refractivity contribution is 9.10. The second-order valence-electron chi connectivity index (χ2n) is 8.17. The van der Waals surface area contributed by atoms with Gasteiger partial charge in [-0.2, -0.15) is 4.98 Å². The van der Waals surface area contributed by atoms with Crippen molar-refractivity contribution in [3.8, 4) is 5.75 Å². The number of rotatable bonds is 7. The van der Waals surface area contributed by atoms with Gasteiger partial charge in [0.2, 0.25) is 11.1 Å². The van der Waals surface area contributed by atoms with Crippen LogP contribution in [0.2, 0.25) is 0 Å². The monoisotopic (exact) mass is 541 g/mol. The van der Waals surface area contributed by atoms with Crippen molar-refractivity contribution >= 4 is 45.2 Å². The Kier molecular flexibility index (Phi) is 7.33. The number of methoxy groups -OCH3 is 1. The van der Waals surface area contributed by atoms with Gasteiger partial charge in [-0.3, -0.25) is 4.79 Å². The molecule has 1 aliphatic rings. The number of benzene rings is 2. The molecular formula is C25H28BrN5O2S. The molecule has 0 fully saturated rings. The molecule has 0 spiro atoms. The van der Waals surface area contributed by atoms with Gasteiger partial charge < -0.3 is 15.4 Å². The fraction of sp³-hybridized carbons (Fsp3) is 0.320. The molecule has 9 heteroatoms. The topological polar surface area (TPSA) is 81.1 Å². The third kappa shape index (κ3) is 4.72. The Morgan fingerprint density at radius 1 is 1.26 bits per heavy atom. The van der Waals surface area contributed by atoms with Crippen LogP contribution in [-0.2, 0) is 4.79 Å². The summed E-state index contributed by atoms with van der Waals surface area (Å²) in [6.07, 6.45) is 1.02. The lowest BCUT2D eigenvalue weighted by atomic mass is 9.94. The third-order valence-electron chi connectivity index (χ3n) is 5.85. The number of allylic oxidation sites excluding steroid dienone is 1. The molecule has 2 N–H and O–H groups in total. The lowest BCUT2D eigenvalue weighted by molar-refractivity contribution is -0.113. The van der Waals surface area contributed by atoms with Crippen LogP contribution in [-0.4, -0.2) is 33.5 Å². The smallest absolute Gasteiger partial charge is 0.255 e. The van der Waals surface area contributed by atoms with Gasteiger partial charge >= 0.3 is 0 Å². The molecule has 0 saturated carbocycles. The molecular weight excluding hydrogens is 514 g/mol. The van der Waals surface area contributed by atoms with Gasteiger partial charge in [0, 0.05) is 27.2 Å². The van der Waals surface area contributed by atoms with Crippen LogP contribution in [0.4, 0.5) is 11.6 Å². The normalized spacial score (nSPS) is 15.1. The third-order valence-corrected chi connectivity index (χ3v) is 7.39. The number of amides is 1. The second kappa shape index (κ2) is 10.2. The van der Waals surface area contributed by atoms with Crippen molar-refractivity contribution in [3.05, 3.63) is 68.8 Å². The average molecular weight is 543 g/mol. The van der Waals surface area contributed by atoms with Gasteiger partial charge in [0.1, 0.15) is 11.8 Å². The van der Waals surface area contributed by atoms with E-state index in [1.54, 1.807) is 23.6 Å². The highest BCUT2D eigenvalue weighted by Gasteiger charge is 2.36. The first-order valence-corrected chi connectivity index (χ1v) is 12.9. The Morgan fingerprint density at radius 3 is 2.79 bits per heavy atom. The number of halogens is 1. The number of thioether (sulfide) groups is 1. The Morgan fingerprint density at radius 2 is 2.06 bits per heavy atom. The molecule has 0 saturated heterocycles. The molecule has 2 aromatic carbocycles. The Bertz CT molecular complexity index is 1270. The van der Waals surface area contributed by atoms with E-state index < -0.39 is 6.04 Å². The molecule has 1 aromatic heterocycles. The number of fused-ring (bicyclic) bond motifs is 1. The van der Waals surface area contributed by atoms with E-state index >= 15 is 0 Å². The van der Waals surface area contributed by atoms with E-state index in [1.807, 2.05) is 57.2 Å². The molecule has 1 amide bonds. The van der Waals surface area contributed by atoms with E-state index in [0.29, 0.717) is 22.4 Å². The zero-order valence-electron chi connectivity index (χ0n) is 19.9. The summed E-state index contributed by atoms with van der Waals surface area (Å²) in [5.41, 5.74) is 5.04. The number of hydrogen-bond acceptors (Lipinski definition) is 6. The van der Waals surface area contributed by atoms with Gasteiger partial charge in [0.15, 0.2) is 0 Å². The number of hydrogen-bond donors (Lipinski definition) is 2. The number of nitrogens with zero attached hydrogens (tertiary/aromatic N) is 3. The first-order valence-electron chi connectivity index (χ1n) is 11.1. The van der Waals surface area contributed by atoms with Gasteiger partial charge in [-0.05, 0) is 62.6 Å². The molecule has 0 aliphatic carbocycles. The standard InChI is InChI=1S/C25H28BrN5O2S/c1-6-12-34-25-29-24-27-16(4)21(23(32)28-19-9-7-8-14(2)15(19)3)22(31(24)30-25)18-13-17(26)10-11-20(18)33-5/h7-11,13,22H,6,12H2,1-5H3,(H,28,32)(H,27,29,30). The molecule has 2 heterocycles. The van der Waals surface area contributed by atoms with Gasteiger partial charge in [-0.15, -0.1) is 5.10 Å². The summed E-state index contributed by atoms with van der Waals surface area (Å²) in [5, 5.41) is 11.9. The quantitative estimate of drug-likeness (QED) is 0.352. The van der Waals surface area contributed by atoms with Crippen molar-refractivity contribution in [2.45, 2.75) is 45.3 Å². The van der Waals surface area contributed by atoms with Crippen molar-refractivity contribution in [2.75, 3.05) is 23.5 Å². The molecule has 1 aliphatic heterocycles. The Hall–Kier alpha value is -2.78. The SMILES string of the molecule is CCCSc1nc2n(n1)C(c1cc(Br)ccc1OC)C(C(=O)Nc1cccc(C)c1C)=C(C)N2. The summed E-state index contributed by atoms with van der Waals surface area (Å²) in [7, 11) is 1.63. The van der Waals surface area contributed by atoms with Crippen molar-refractivity contribution in [1.82, 2.24) is 14.8 Å². The van der Waals surface area contributed by atoms with Gasteiger partial charge in [0.25, 0.3) is 5.91 Å². The van der Waals surface area contributed by atoms with E-state index in [9.17, 15) is 4.79 Å². The van der Waals surface area contributed by atoms with Gasteiger partial charge in [-0.1, -0.05) is 46.7 Å². The van der Waals surface area contributed by atoms with Gasteiger partial charge in [0.05, 0.1) is 12.7 Å². The number of anilines is 2. The molecule has 3 aromatic rings. The summed E-state index contributed by atoms with van der Waals surface area (Å²) in [4.78, 5) is 18.5. The molecule has 1 unspecified atom stereocenters. The lowest BCUT2D eigenvalue weighted by Gasteiger charge is -2.29. The van der Waals surface area contributed by atoms with E-state index in [1.165, 1.54) is 0 Å². The maximum Gasteiger partial charge on any atom is 0.255 e. The van der Waals surface area contributed by atoms with Gasteiger partial charge in [-0.25, -0.2) is 4.68 Å². The number of ether oxygens (including phenoxy) is 1. The van der Waals surface area contributed by atoms with Crippen LogP contribution in [0.3, 0.4) is 0 Å². The predicted molar refractivity (Wildman–Crippen MR) is 141 cm³/mol. The van der Waals surface area contributed by atoms with Crippen LogP contribution >= 0.6 is 27.7 Å². The predicted octanol–water partition coefficient (Wildman–Crippen LogP) is 6.10. The number of carbonyl (C=O) groups is 1. The van der Waals surface area contributed by atoms with E-state index in [4.69, 9.17) is 9.84 Å². The van der Waals surface area contributed by atoms with Crippen LogP contribution in [0.5, 0.6) is 5.75 Å². The van der Waals surface area contributed by atoms with E-state index in [2.05, 4.69) is 38.5 Å². The van der Waals surface area contributed by atoms with Crippen molar-refractivity contribution < 1.29 is 9.53 Å². The number of aryl methyl sites for hydroxylation is 1. The van der Waals surface area contributed by atoms with Crippen molar-refractivity contribution in [3.63, 3.8) is 0 Å². The van der Waals surface area contributed by atoms with Crippen molar-refractivity contribution in [1.29, 1.82) is 0 Å². The molecule has 7 nitrogen and oxygen atoms in total. The highest BCUT2D eigenvalue weighted by atomic mass is 79.9. The summed E-state index contributed by atoms with van der Waals surface area (Å²) in [5.74, 6) is 1.99. The zero-order valence-corrected chi connectivity index (χ0v) is 22.3. The van der Waals surface area contributed by atoms with Crippen LogP contribution in [0.1, 0.15) is 43.0 Å². The molecule has 34 heavy (non-hydrogen) atoms. The largest absolute Gasteiger partial charge is 0.496 e. The fourth-order valence-electron chi connectivity index (χ4n) is 3.96. The number of carbonyl (C=O) groups excluding carboxylic acids is 1. The minimum atomic E-state index is -0.516. The van der Waals surface area contributed by atoms with Crippen LogP contribution < -0.4 is 15.4 Å². The first-order chi connectivity index (χ1) is 16.3. The minimum Gasteiger partial charge on any atom is -0.496 e. The average Bonchev–Trinajstić information content (AvgIpc) is 3.21. The molecule has 0 bridgehead atoms. The molecule has 1 atom stereocenters. The van der Waals surface area contributed by atoms with Crippen LogP contribution in [0.15, 0.2) is 57.3 Å². The summed E-state index contributed by atoms with van der Waals surface area (Å²) in [6, 6.07) is 11.2. The zero-order chi connectivity index (χ0) is 24.4. The summed E-state index contributed by atoms with van der Waals surface area (Å²) in [6.45, 7) is 8.06. The molecule has 4 rings (SSSR count). The second-order valence-corrected chi connectivity index (χ2v) is 10.1. The lowest BCUT2D eigenvalue weighted by Crippen LogP contribution is -2.32. The van der Waals surface area contributed by atoms with Crippen LogP contribution in [0, 0.1) is 13.8 Å². The molecule has 0 radical (unpaired) electrons. The molecule has 178 valence electrons. The van der Waals surface area contributed by atoms with E-state index in [0.717, 1.165) is 44.7 Å². The first kappa shape index (κ1) is 24.3. The summed E-state index contributed by atoms with van der Waals surface area (Å²) >= 11 is 5.18. The minimum absolute atomic E-state index is 0.199. The van der Waals surface area contributed by atoms with E-state index in [-0.39, 0.29) is 5.91 Å². The number of aromatic nitrogens is 3. The summed E-state index contributed by atoms with van der Waals surface area (Å²) < 4.78 is 8.36. The highest BCUT2D eigenvalue weighted by Crippen LogP contribution is 2.41. The maximum absolute atomic E-state index is 13.8. The number of nitrogens with one attached hydrogen (secondary N) is 2. The fourth-order valence-corrected chi connectivity index (χ4v) is 5.02. The van der Waals surface area contributed by atoms with Crippen molar-refractivity contribution in [2.24, 2.45) is 0 Å². The Labute approximate surface area is 212 Å².